The lowest BCUT2D eigenvalue weighted by Crippen LogP contribution is -2.44. The molecule has 0 saturated heterocycles. The van der Waals surface area contributed by atoms with Gasteiger partial charge in [-0.1, -0.05) is 51.7 Å². The Kier molecular flexibility index (Phi) is 6.04. The van der Waals surface area contributed by atoms with Gasteiger partial charge in [0.05, 0.1) is 22.3 Å². The summed E-state index contributed by atoms with van der Waals surface area (Å²) < 4.78 is 0. The Morgan fingerprint density at radius 3 is 1.34 bits per heavy atom. The van der Waals surface area contributed by atoms with Gasteiger partial charge in [0.2, 0.25) is 0 Å². The Hall–Kier alpha value is -3.61. The van der Waals surface area contributed by atoms with E-state index < -0.39 is 0 Å². The number of carbonyl (C=O) groups excluding carboxylic acids is 5. The maximum absolute atomic E-state index is 13.5. The Bertz CT molecular complexity index is 1290. The second kappa shape index (κ2) is 9.29. The minimum absolute atomic E-state index is 0.120. The molecule has 2 aliphatic heterocycles. The Labute approximate surface area is 222 Å². The topological polar surface area (TPSA) is 91.8 Å². The van der Waals surface area contributed by atoms with Crippen LogP contribution >= 0.6 is 0 Å². The van der Waals surface area contributed by atoms with Crippen molar-refractivity contribution in [1.82, 2.24) is 9.80 Å². The van der Waals surface area contributed by atoms with Crippen molar-refractivity contribution in [2.24, 2.45) is 11.8 Å². The number of carbonyl (C=O) groups is 5. The van der Waals surface area contributed by atoms with E-state index in [1.807, 2.05) is 0 Å². The maximum Gasteiger partial charge on any atom is 0.261 e. The number of hydrogen-bond donors (Lipinski definition) is 0. The lowest BCUT2D eigenvalue weighted by Gasteiger charge is -2.34. The van der Waals surface area contributed by atoms with E-state index in [2.05, 4.69) is 13.8 Å². The fourth-order valence-corrected chi connectivity index (χ4v) is 6.93. The van der Waals surface area contributed by atoms with Crippen molar-refractivity contribution in [2.45, 2.75) is 77.3 Å². The number of hydrogen-bond acceptors (Lipinski definition) is 5. The van der Waals surface area contributed by atoms with Gasteiger partial charge in [0.25, 0.3) is 23.6 Å². The Balaban J connectivity index is 1.27. The molecule has 0 aromatic heterocycles. The van der Waals surface area contributed by atoms with Crippen molar-refractivity contribution < 1.29 is 24.0 Å². The zero-order chi connectivity index (χ0) is 26.7. The number of amides is 4. The molecule has 4 unspecified atom stereocenters. The first-order valence-electron chi connectivity index (χ1n) is 13.9. The fraction of sp³-hybridized carbons (Fsp3) is 0.452. The van der Waals surface area contributed by atoms with Crippen LogP contribution in [-0.4, -0.2) is 51.3 Å². The molecule has 4 amide bonds. The van der Waals surface area contributed by atoms with E-state index in [0.717, 1.165) is 51.4 Å². The van der Waals surface area contributed by atoms with E-state index in [1.54, 1.807) is 24.3 Å². The third-order valence-corrected chi connectivity index (χ3v) is 9.16. The monoisotopic (exact) mass is 512 g/mol. The summed E-state index contributed by atoms with van der Waals surface area (Å²) in [5, 5.41) is 0. The van der Waals surface area contributed by atoms with Gasteiger partial charge in [-0.25, -0.2) is 0 Å². The smallest absolute Gasteiger partial charge is 0.261 e. The molecule has 0 radical (unpaired) electrons. The summed E-state index contributed by atoms with van der Waals surface area (Å²) in [4.78, 5) is 69.1. The van der Waals surface area contributed by atoms with Crippen LogP contribution in [0, 0.1) is 11.8 Å². The van der Waals surface area contributed by atoms with Crippen LogP contribution < -0.4 is 0 Å². The highest BCUT2D eigenvalue weighted by Gasteiger charge is 2.44. The zero-order valence-electron chi connectivity index (χ0n) is 21.9. The molecule has 2 saturated carbocycles. The van der Waals surface area contributed by atoms with Crippen LogP contribution in [0.2, 0.25) is 0 Å². The van der Waals surface area contributed by atoms with Gasteiger partial charge >= 0.3 is 0 Å². The van der Waals surface area contributed by atoms with Gasteiger partial charge < -0.3 is 0 Å². The van der Waals surface area contributed by atoms with Gasteiger partial charge in [-0.15, -0.1) is 0 Å². The van der Waals surface area contributed by atoms with Crippen LogP contribution in [-0.2, 0) is 0 Å². The SMILES string of the molecule is CC1CCCCC1N1C(=O)c2ccc(C(=O)c3ccc4c(c3)C(=O)N(C3CCCCC3C)C4=O)cc2C1=O. The van der Waals surface area contributed by atoms with Crippen molar-refractivity contribution in [3.63, 3.8) is 0 Å². The summed E-state index contributed by atoms with van der Waals surface area (Å²) in [6.07, 6.45) is 7.76. The summed E-state index contributed by atoms with van der Waals surface area (Å²) in [6, 6.07) is 9.01. The minimum Gasteiger partial charge on any atom is -0.289 e. The molecule has 2 heterocycles. The van der Waals surface area contributed by atoms with E-state index in [0.29, 0.717) is 11.1 Å². The molecule has 4 aliphatic rings. The zero-order valence-corrected chi connectivity index (χ0v) is 21.9. The molecule has 38 heavy (non-hydrogen) atoms. The maximum atomic E-state index is 13.5. The quantitative estimate of drug-likeness (QED) is 0.411. The molecule has 2 fully saturated rings. The van der Waals surface area contributed by atoms with Gasteiger partial charge in [0, 0.05) is 23.2 Å². The van der Waals surface area contributed by atoms with Crippen LogP contribution in [0.15, 0.2) is 36.4 Å². The van der Waals surface area contributed by atoms with Crippen LogP contribution in [0.25, 0.3) is 0 Å². The normalized spacial score (nSPS) is 27.1. The average molecular weight is 513 g/mol. The van der Waals surface area contributed by atoms with Crippen LogP contribution in [0.5, 0.6) is 0 Å². The highest BCUT2D eigenvalue weighted by atomic mass is 16.2. The number of imide groups is 2. The van der Waals surface area contributed by atoms with Gasteiger partial charge in [0.15, 0.2) is 5.78 Å². The van der Waals surface area contributed by atoms with Crippen molar-refractivity contribution >= 4 is 29.4 Å². The summed E-state index contributed by atoms with van der Waals surface area (Å²) in [5.41, 5.74) is 1.72. The fourth-order valence-electron chi connectivity index (χ4n) is 6.93. The van der Waals surface area contributed by atoms with Crippen molar-refractivity contribution in [3.05, 3.63) is 69.8 Å². The minimum atomic E-state index is -0.356. The van der Waals surface area contributed by atoms with E-state index in [9.17, 15) is 24.0 Å². The van der Waals surface area contributed by atoms with Crippen LogP contribution in [0.1, 0.15) is 123 Å². The second-order valence-electron chi connectivity index (χ2n) is 11.5. The second-order valence-corrected chi connectivity index (χ2v) is 11.5. The molecule has 2 aromatic rings. The molecule has 4 atom stereocenters. The number of rotatable bonds is 4. The number of benzene rings is 2. The third-order valence-electron chi connectivity index (χ3n) is 9.16. The van der Waals surface area contributed by atoms with Crippen LogP contribution in [0.3, 0.4) is 0 Å². The van der Waals surface area contributed by atoms with Crippen molar-refractivity contribution in [1.29, 1.82) is 0 Å². The highest BCUT2D eigenvalue weighted by Crippen LogP contribution is 2.36. The van der Waals surface area contributed by atoms with E-state index in [-0.39, 0.29) is 75.6 Å². The molecule has 2 aliphatic carbocycles. The Morgan fingerprint density at radius 1 is 0.579 bits per heavy atom. The third kappa shape index (κ3) is 3.74. The molecule has 7 heteroatoms. The summed E-state index contributed by atoms with van der Waals surface area (Å²) in [7, 11) is 0. The summed E-state index contributed by atoms with van der Waals surface area (Å²) >= 11 is 0. The average Bonchev–Trinajstić information content (AvgIpc) is 3.32. The predicted molar refractivity (Wildman–Crippen MR) is 140 cm³/mol. The summed E-state index contributed by atoms with van der Waals surface area (Å²) in [5.74, 6) is -1.13. The van der Waals surface area contributed by atoms with Gasteiger partial charge in [0.1, 0.15) is 0 Å². The number of fused-ring (bicyclic) bond motifs is 2. The summed E-state index contributed by atoms with van der Waals surface area (Å²) in [6.45, 7) is 4.16. The molecule has 0 spiro atoms. The first-order valence-corrected chi connectivity index (χ1v) is 13.9. The molecule has 6 rings (SSSR count). The van der Waals surface area contributed by atoms with Crippen molar-refractivity contribution in [3.8, 4) is 0 Å². The molecule has 0 N–H and O–H groups in total. The molecular formula is C31H32N2O5. The van der Waals surface area contributed by atoms with Gasteiger partial charge in [-0.2, -0.15) is 0 Å². The van der Waals surface area contributed by atoms with E-state index in [1.165, 1.54) is 21.9 Å². The number of nitrogens with zero attached hydrogens (tertiary/aromatic N) is 2. The lowest BCUT2D eigenvalue weighted by atomic mass is 9.85. The standard InChI is InChI=1S/C31H32N2O5/c1-17-7-3-5-9-25(17)32-28(35)21-13-11-19(15-23(21)30(32)37)27(34)20-12-14-22-24(16-20)31(38)33(29(22)36)26-10-6-4-8-18(26)2/h11-18,25-26H,3-10H2,1-2H3. The predicted octanol–water partition coefficient (Wildman–Crippen LogP) is 5.27. The molecule has 7 nitrogen and oxygen atoms in total. The van der Waals surface area contributed by atoms with Crippen LogP contribution in [0.4, 0.5) is 0 Å². The van der Waals surface area contributed by atoms with Gasteiger partial charge in [-0.3, -0.25) is 33.8 Å². The van der Waals surface area contributed by atoms with E-state index >= 15 is 0 Å². The van der Waals surface area contributed by atoms with E-state index in [4.69, 9.17) is 0 Å². The largest absolute Gasteiger partial charge is 0.289 e. The molecule has 196 valence electrons. The first kappa shape index (κ1) is 24.7. The molecule has 2 aromatic carbocycles. The Morgan fingerprint density at radius 2 is 0.947 bits per heavy atom. The van der Waals surface area contributed by atoms with Crippen molar-refractivity contribution in [2.75, 3.05) is 0 Å². The highest BCUT2D eigenvalue weighted by molar-refractivity contribution is 6.24. The van der Waals surface area contributed by atoms with Gasteiger partial charge in [-0.05, 0) is 61.8 Å². The lowest BCUT2D eigenvalue weighted by molar-refractivity contribution is 0.0472. The first-order chi connectivity index (χ1) is 18.3. The molecule has 0 bridgehead atoms. The number of ketones is 1. The molecular weight excluding hydrogens is 480 g/mol.